The van der Waals surface area contributed by atoms with Crippen LogP contribution in [0.3, 0.4) is 0 Å². The molecule has 7 nitrogen and oxygen atoms in total. The Morgan fingerprint density at radius 2 is 2.17 bits per heavy atom. The molecule has 0 saturated heterocycles. The smallest absolute Gasteiger partial charge is 0.224 e. The second-order valence-corrected chi connectivity index (χ2v) is 5.82. The number of fused-ring (bicyclic) bond motifs is 1. The van der Waals surface area contributed by atoms with Crippen LogP contribution in [-0.2, 0) is 24.3 Å². The van der Waals surface area contributed by atoms with Crippen molar-refractivity contribution >= 4 is 16.9 Å². The van der Waals surface area contributed by atoms with Gasteiger partial charge < -0.3 is 9.88 Å². The van der Waals surface area contributed by atoms with Crippen LogP contribution in [0.4, 0.5) is 0 Å². The van der Waals surface area contributed by atoms with Crippen LogP contribution in [0.2, 0.25) is 0 Å². The highest BCUT2D eigenvalue weighted by Gasteiger charge is 2.14. The average Bonchev–Trinajstić information content (AvgIpc) is 3.21. The lowest BCUT2D eigenvalue weighted by Crippen LogP contribution is -2.33. The summed E-state index contributed by atoms with van der Waals surface area (Å²) in [5.41, 5.74) is 2.14. The van der Waals surface area contributed by atoms with Crippen LogP contribution in [0.5, 0.6) is 0 Å². The van der Waals surface area contributed by atoms with E-state index < -0.39 is 0 Å². The number of nitrogens with one attached hydrogen (secondary N) is 1. The number of nitrogens with zero attached hydrogens (tertiary/aromatic N) is 5. The first-order valence-corrected chi connectivity index (χ1v) is 8.23. The Morgan fingerprint density at radius 3 is 2.92 bits per heavy atom. The highest BCUT2D eigenvalue weighted by Crippen LogP contribution is 2.16. The fourth-order valence-electron chi connectivity index (χ4n) is 2.83. The molecule has 0 unspecified atom stereocenters. The molecular weight excluding hydrogens is 304 g/mol. The molecule has 0 bridgehead atoms. The number of amides is 1. The molecule has 126 valence electrons. The third kappa shape index (κ3) is 3.45. The third-order valence-electron chi connectivity index (χ3n) is 4.07. The lowest BCUT2D eigenvalue weighted by atomic mass is 10.1. The molecule has 0 aliphatic heterocycles. The number of para-hydroxylation sites is 2. The Labute approximate surface area is 140 Å². The monoisotopic (exact) mass is 326 g/mol. The van der Waals surface area contributed by atoms with E-state index in [1.807, 2.05) is 25.1 Å². The number of carbonyl (C=O) groups excluding carboxylic acids is 1. The maximum atomic E-state index is 12.2. The summed E-state index contributed by atoms with van der Waals surface area (Å²) in [5.74, 6) is 0.865. The molecule has 2 aromatic heterocycles. The summed E-state index contributed by atoms with van der Waals surface area (Å²) in [4.78, 5) is 20.7. The first-order chi connectivity index (χ1) is 11.7. The largest absolute Gasteiger partial charge is 0.355 e. The zero-order valence-electron chi connectivity index (χ0n) is 14.0. The van der Waals surface area contributed by atoms with Crippen molar-refractivity contribution in [2.75, 3.05) is 6.54 Å². The summed E-state index contributed by atoms with van der Waals surface area (Å²) in [6, 6.07) is 8.11. The Kier molecular flexibility index (Phi) is 4.88. The molecule has 1 N–H and O–H groups in total. The summed E-state index contributed by atoms with van der Waals surface area (Å²) in [6.07, 6.45) is 3.80. The number of imidazole rings is 1. The van der Waals surface area contributed by atoms with Gasteiger partial charge >= 0.3 is 0 Å². The summed E-state index contributed by atoms with van der Waals surface area (Å²) in [5, 5.41) is 7.01. The molecule has 3 rings (SSSR count). The van der Waals surface area contributed by atoms with Crippen LogP contribution in [0.15, 0.2) is 36.9 Å². The summed E-state index contributed by atoms with van der Waals surface area (Å²) >= 11 is 0. The van der Waals surface area contributed by atoms with E-state index in [1.54, 1.807) is 11.0 Å². The van der Waals surface area contributed by atoms with Crippen LogP contribution in [0.1, 0.15) is 19.7 Å². The number of aryl methyl sites for hydroxylation is 1. The van der Waals surface area contributed by atoms with E-state index in [4.69, 9.17) is 0 Å². The van der Waals surface area contributed by atoms with Crippen LogP contribution < -0.4 is 5.32 Å². The molecule has 3 aromatic rings. The van der Waals surface area contributed by atoms with Crippen LogP contribution in [0.25, 0.3) is 11.0 Å². The van der Waals surface area contributed by atoms with Gasteiger partial charge in [0.2, 0.25) is 5.91 Å². The van der Waals surface area contributed by atoms with E-state index in [0.717, 1.165) is 23.4 Å². The maximum Gasteiger partial charge on any atom is 0.224 e. The zero-order valence-corrected chi connectivity index (χ0v) is 14.0. The molecule has 1 amide bonds. The molecule has 7 heteroatoms. The number of aromatic nitrogens is 5. The fourth-order valence-corrected chi connectivity index (χ4v) is 2.83. The lowest BCUT2D eigenvalue weighted by Gasteiger charge is -2.12. The number of benzene rings is 1. The number of hydrogen-bond acceptors (Lipinski definition) is 4. The molecule has 0 saturated carbocycles. The summed E-state index contributed by atoms with van der Waals surface area (Å²) in [6.45, 7) is 5.96. The maximum absolute atomic E-state index is 12.2. The van der Waals surface area contributed by atoms with E-state index in [9.17, 15) is 4.79 Å². The Balaban J connectivity index is 1.57. The predicted molar refractivity (Wildman–Crippen MR) is 91.3 cm³/mol. The number of rotatable bonds is 7. The molecule has 24 heavy (non-hydrogen) atoms. The van der Waals surface area contributed by atoms with Gasteiger partial charge in [0.1, 0.15) is 18.5 Å². The standard InChI is InChI=1S/C17H22N6O/c1-3-23-15-7-5-4-6-14(15)21-16(23)8-9-19-17(24)13(2)10-22-12-18-11-20-22/h4-7,11-13H,3,8-10H2,1-2H3,(H,19,24)/t13-/m1/s1. The quantitative estimate of drug-likeness (QED) is 0.716. The normalized spacial score (nSPS) is 12.4. The second kappa shape index (κ2) is 7.25. The van der Waals surface area contributed by atoms with Crippen molar-refractivity contribution in [2.24, 2.45) is 5.92 Å². The van der Waals surface area contributed by atoms with Gasteiger partial charge in [-0.15, -0.1) is 0 Å². The zero-order chi connectivity index (χ0) is 16.9. The topological polar surface area (TPSA) is 77.6 Å². The van der Waals surface area contributed by atoms with Crippen molar-refractivity contribution in [3.8, 4) is 0 Å². The number of hydrogen-bond donors (Lipinski definition) is 1. The van der Waals surface area contributed by atoms with Crippen molar-refractivity contribution in [3.05, 3.63) is 42.7 Å². The predicted octanol–water partition coefficient (Wildman–Crippen LogP) is 1.64. The number of carbonyl (C=O) groups is 1. The third-order valence-corrected chi connectivity index (χ3v) is 4.07. The Hall–Kier alpha value is -2.70. The van der Waals surface area contributed by atoms with E-state index in [-0.39, 0.29) is 11.8 Å². The van der Waals surface area contributed by atoms with Crippen LogP contribution in [-0.4, -0.2) is 36.8 Å². The highest BCUT2D eigenvalue weighted by atomic mass is 16.1. The lowest BCUT2D eigenvalue weighted by molar-refractivity contribution is -0.124. The molecule has 1 atom stereocenters. The van der Waals surface area contributed by atoms with E-state index in [2.05, 4.69) is 37.9 Å². The van der Waals surface area contributed by atoms with Crippen molar-refractivity contribution < 1.29 is 4.79 Å². The molecule has 0 spiro atoms. The van der Waals surface area contributed by atoms with E-state index in [0.29, 0.717) is 19.5 Å². The van der Waals surface area contributed by atoms with Gasteiger partial charge in [0.05, 0.1) is 23.5 Å². The molecule has 0 aliphatic carbocycles. The van der Waals surface area contributed by atoms with Crippen LogP contribution >= 0.6 is 0 Å². The summed E-state index contributed by atoms with van der Waals surface area (Å²) < 4.78 is 3.86. The van der Waals surface area contributed by atoms with Crippen molar-refractivity contribution in [1.29, 1.82) is 0 Å². The van der Waals surface area contributed by atoms with Gasteiger partial charge in [-0.25, -0.2) is 9.97 Å². The second-order valence-electron chi connectivity index (χ2n) is 5.82. The molecule has 0 aliphatic rings. The Morgan fingerprint density at radius 1 is 1.33 bits per heavy atom. The van der Waals surface area contributed by atoms with E-state index in [1.165, 1.54) is 6.33 Å². The van der Waals surface area contributed by atoms with Gasteiger partial charge in [0.25, 0.3) is 0 Å². The highest BCUT2D eigenvalue weighted by molar-refractivity contribution is 5.78. The minimum absolute atomic E-state index is 0.0182. The van der Waals surface area contributed by atoms with Crippen molar-refractivity contribution in [2.45, 2.75) is 33.4 Å². The first-order valence-electron chi connectivity index (χ1n) is 8.23. The molecule has 2 heterocycles. The minimum atomic E-state index is -0.156. The first kappa shape index (κ1) is 16.2. The van der Waals surface area contributed by atoms with Gasteiger partial charge in [-0.3, -0.25) is 9.48 Å². The molecular formula is C17H22N6O. The van der Waals surface area contributed by atoms with Crippen LogP contribution in [0, 0.1) is 5.92 Å². The van der Waals surface area contributed by atoms with Gasteiger partial charge in [0.15, 0.2) is 0 Å². The minimum Gasteiger partial charge on any atom is -0.355 e. The van der Waals surface area contributed by atoms with E-state index >= 15 is 0 Å². The average molecular weight is 326 g/mol. The SMILES string of the molecule is CCn1c(CCNC(=O)[C@H](C)Cn2cncn2)nc2ccccc21. The Bertz CT molecular complexity index is 808. The summed E-state index contributed by atoms with van der Waals surface area (Å²) in [7, 11) is 0. The van der Waals surface area contributed by atoms with Gasteiger partial charge in [-0.2, -0.15) is 5.10 Å². The van der Waals surface area contributed by atoms with Crippen molar-refractivity contribution in [1.82, 2.24) is 29.6 Å². The van der Waals surface area contributed by atoms with Crippen molar-refractivity contribution in [3.63, 3.8) is 0 Å². The van der Waals surface area contributed by atoms with Gasteiger partial charge in [0, 0.05) is 19.5 Å². The molecule has 0 radical (unpaired) electrons. The molecule has 0 fully saturated rings. The fraction of sp³-hybridized carbons (Fsp3) is 0.412. The van der Waals surface area contributed by atoms with Gasteiger partial charge in [-0.05, 0) is 19.1 Å². The molecule has 1 aromatic carbocycles. The van der Waals surface area contributed by atoms with Gasteiger partial charge in [-0.1, -0.05) is 19.1 Å².